The molecule has 9 heteroatoms. The molecule has 0 N–H and O–H groups in total. The molecular weight excluding hydrogens is 487 g/mol. The Labute approximate surface area is 219 Å². The van der Waals surface area contributed by atoms with Gasteiger partial charge in [-0.3, -0.25) is 18.9 Å². The lowest BCUT2D eigenvalue weighted by atomic mass is 10.2. The monoisotopic (exact) mass is 514 g/mol. The Morgan fingerprint density at radius 1 is 1.16 bits per heavy atom. The molecule has 1 atom stereocenters. The quantitative estimate of drug-likeness (QED) is 0.355. The molecule has 0 spiro atoms. The Bertz CT molecular complexity index is 1630. The Balaban J connectivity index is 1.50. The van der Waals surface area contributed by atoms with Gasteiger partial charge < -0.3 is 14.4 Å². The largest absolute Gasteiger partial charge is 0.494 e. The van der Waals surface area contributed by atoms with Crippen molar-refractivity contribution in [2.45, 2.75) is 39.3 Å². The van der Waals surface area contributed by atoms with Gasteiger partial charge >= 0.3 is 5.69 Å². The zero-order valence-corrected chi connectivity index (χ0v) is 21.4. The zero-order valence-electron chi connectivity index (χ0n) is 21.4. The van der Waals surface area contributed by atoms with Crippen LogP contribution in [0.3, 0.4) is 0 Å². The lowest BCUT2D eigenvalue weighted by Gasteiger charge is -2.23. The molecule has 1 saturated heterocycles. The highest BCUT2D eigenvalue weighted by Gasteiger charge is 2.30. The van der Waals surface area contributed by atoms with Crippen molar-refractivity contribution >= 4 is 16.9 Å². The molecular formula is C29H27FN4O4. The van der Waals surface area contributed by atoms with Gasteiger partial charge in [0.2, 0.25) is 5.82 Å². The van der Waals surface area contributed by atoms with E-state index in [1.807, 2.05) is 6.92 Å². The number of hydrogen-bond acceptors (Lipinski definition) is 5. The molecule has 0 unspecified atom stereocenters. The van der Waals surface area contributed by atoms with Crippen LogP contribution in [-0.4, -0.2) is 44.6 Å². The summed E-state index contributed by atoms with van der Waals surface area (Å²) in [5, 5.41) is 0. The van der Waals surface area contributed by atoms with Gasteiger partial charge in [0.1, 0.15) is 5.75 Å². The van der Waals surface area contributed by atoms with Crippen LogP contribution in [0.25, 0.3) is 16.7 Å². The fourth-order valence-corrected chi connectivity index (χ4v) is 5.00. The van der Waals surface area contributed by atoms with E-state index in [9.17, 15) is 14.0 Å². The fraction of sp³-hybridized carbons (Fsp3) is 0.276. The number of ether oxygens (including phenoxy) is 2. The Morgan fingerprint density at radius 2 is 1.92 bits per heavy atom. The SMILES string of the molecule is CC#CC(=O)N1CCC[C@@H]1Cn1c(=O)n(-c2ccc(Oc3cccc(OC)c3F)cc2)c2cncc(C)c21. The van der Waals surface area contributed by atoms with Crippen molar-refractivity contribution in [3.8, 4) is 34.8 Å². The minimum absolute atomic E-state index is 0.0362. The highest BCUT2D eigenvalue weighted by atomic mass is 19.1. The molecule has 38 heavy (non-hydrogen) atoms. The summed E-state index contributed by atoms with van der Waals surface area (Å²) in [6, 6.07) is 11.4. The molecule has 3 heterocycles. The molecule has 8 nitrogen and oxygen atoms in total. The first kappa shape index (κ1) is 25.1. The molecule has 0 bridgehead atoms. The van der Waals surface area contributed by atoms with Crippen LogP contribution in [0.5, 0.6) is 17.2 Å². The Hall–Kier alpha value is -4.58. The smallest absolute Gasteiger partial charge is 0.333 e. The van der Waals surface area contributed by atoms with Crippen LogP contribution in [-0.2, 0) is 11.3 Å². The normalized spacial score (nSPS) is 14.8. The van der Waals surface area contributed by atoms with Gasteiger partial charge in [0.25, 0.3) is 5.91 Å². The summed E-state index contributed by atoms with van der Waals surface area (Å²) in [5.74, 6) is 5.02. The first-order valence-corrected chi connectivity index (χ1v) is 12.3. The second kappa shape index (κ2) is 10.4. The number of pyridine rings is 1. The number of carbonyl (C=O) groups is 1. The lowest BCUT2D eigenvalue weighted by molar-refractivity contribution is -0.126. The number of likely N-dealkylation sites (tertiary alicyclic amines) is 1. The predicted molar refractivity (Wildman–Crippen MR) is 141 cm³/mol. The van der Waals surface area contributed by atoms with Gasteiger partial charge in [-0.15, -0.1) is 0 Å². The Kier molecular flexibility index (Phi) is 6.88. The van der Waals surface area contributed by atoms with Crippen LogP contribution in [0, 0.1) is 24.6 Å². The number of benzene rings is 2. The third-order valence-electron chi connectivity index (χ3n) is 6.75. The maximum atomic E-state index is 14.5. The second-order valence-electron chi connectivity index (χ2n) is 9.09. The predicted octanol–water partition coefficient (Wildman–Crippen LogP) is 4.45. The third-order valence-corrected chi connectivity index (χ3v) is 6.75. The van der Waals surface area contributed by atoms with Gasteiger partial charge in [0, 0.05) is 19.3 Å². The molecule has 0 aliphatic carbocycles. The van der Waals surface area contributed by atoms with E-state index in [1.54, 1.807) is 63.7 Å². The summed E-state index contributed by atoms with van der Waals surface area (Å²) in [5.41, 5.74) is 2.66. The van der Waals surface area contributed by atoms with Crippen LogP contribution in [0.15, 0.2) is 59.7 Å². The number of nitrogens with zero attached hydrogens (tertiary/aromatic N) is 4. The van der Waals surface area contributed by atoms with E-state index in [4.69, 9.17) is 9.47 Å². The summed E-state index contributed by atoms with van der Waals surface area (Å²) in [7, 11) is 1.39. The maximum Gasteiger partial charge on any atom is 0.333 e. The van der Waals surface area contributed by atoms with Crippen LogP contribution < -0.4 is 15.2 Å². The van der Waals surface area contributed by atoms with Gasteiger partial charge in [-0.2, -0.15) is 4.39 Å². The summed E-state index contributed by atoms with van der Waals surface area (Å²) < 4.78 is 28.6. The number of aromatic nitrogens is 3. The van der Waals surface area contributed by atoms with Crippen LogP contribution >= 0.6 is 0 Å². The van der Waals surface area contributed by atoms with E-state index in [1.165, 1.54) is 19.2 Å². The van der Waals surface area contributed by atoms with Gasteiger partial charge in [-0.05, 0) is 74.6 Å². The topological polar surface area (TPSA) is 78.6 Å². The van der Waals surface area contributed by atoms with Crippen molar-refractivity contribution in [3.63, 3.8) is 0 Å². The number of imidazole rings is 1. The molecule has 2 aromatic heterocycles. The number of rotatable bonds is 6. The first-order valence-electron chi connectivity index (χ1n) is 12.3. The summed E-state index contributed by atoms with van der Waals surface area (Å²) in [4.78, 5) is 32.4. The van der Waals surface area contributed by atoms with Gasteiger partial charge in [0.05, 0.1) is 36.1 Å². The van der Waals surface area contributed by atoms with Gasteiger partial charge in [-0.25, -0.2) is 4.79 Å². The van der Waals surface area contributed by atoms with E-state index >= 15 is 0 Å². The van der Waals surface area contributed by atoms with Crippen molar-refractivity contribution in [2.75, 3.05) is 13.7 Å². The van der Waals surface area contributed by atoms with Crippen LogP contribution in [0.2, 0.25) is 0 Å². The van der Waals surface area contributed by atoms with Crippen molar-refractivity contribution in [2.24, 2.45) is 0 Å². The standard InChI is InChI=1S/C29H27FN4O4/c1-4-7-26(35)32-15-6-8-21(32)18-33-28-19(2)16-31-17-23(28)34(29(33)36)20-11-13-22(14-12-20)38-25-10-5-9-24(37-3)27(25)30/h5,9-14,16-17,21H,6,8,15,18H2,1-3H3/t21-/m1/s1. The maximum absolute atomic E-state index is 14.5. The molecule has 1 aliphatic heterocycles. The molecule has 194 valence electrons. The molecule has 1 amide bonds. The van der Waals surface area contributed by atoms with Gasteiger partial charge in [0.15, 0.2) is 11.5 Å². The summed E-state index contributed by atoms with van der Waals surface area (Å²) in [6.45, 7) is 4.54. The van der Waals surface area contributed by atoms with E-state index < -0.39 is 5.82 Å². The lowest BCUT2D eigenvalue weighted by Crippen LogP contribution is -2.39. The van der Waals surface area contributed by atoms with E-state index in [0.29, 0.717) is 30.0 Å². The second-order valence-corrected chi connectivity index (χ2v) is 9.09. The minimum atomic E-state index is -0.593. The molecule has 2 aromatic carbocycles. The minimum Gasteiger partial charge on any atom is -0.494 e. The highest BCUT2D eigenvalue weighted by Crippen LogP contribution is 2.31. The average Bonchev–Trinajstić information content (AvgIpc) is 3.49. The average molecular weight is 515 g/mol. The van der Waals surface area contributed by atoms with Crippen molar-refractivity contribution in [1.82, 2.24) is 19.0 Å². The van der Waals surface area contributed by atoms with Crippen molar-refractivity contribution in [3.05, 3.63) is 76.7 Å². The molecule has 0 saturated carbocycles. The van der Waals surface area contributed by atoms with Crippen molar-refractivity contribution < 1.29 is 18.7 Å². The zero-order chi connectivity index (χ0) is 26.8. The summed E-state index contributed by atoms with van der Waals surface area (Å²) in [6.07, 6.45) is 5.05. The Morgan fingerprint density at radius 3 is 2.66 bits per heavy atom. The van der Waals surface area contributed by atoms with Crippen molar-refractivity contribution in [1.29, 1.82) is 0 Å². The summed E-state index contributed by atoms with van der Waals surface area (Å²) >= 11 is 0. The van der Waals surface area contributed by atoms with E-state index in [-0.39, 0.29) is 29.1 Å². The van der Waals surface area contributed by atoms with E-state index in [0.717, 1.165) is 23.9 Å². The molecule has 4 aromatic rings. The number of amides is 1. The third kappa shape index (κ3) is 4.50. The van der Waals surface area contributed by atoms with Crippen LogP contribution in [0.4, 0.5) is 4.39 Å². The molecule has 1 fully saturated rings. The number of carbonyl (C=O) groups excluding carboxylic acids is 1. The number of fused-ring (bicyclic) bond motifs is 1. The number of methoxy groups -OCH3 is 1. The number of aryl methyl sites for hydroxylation is 1. The molecule has 5 rings (SSSR count). The van der Waals surface area contributed by atoms with E-state index in [2.05, 4.69) is 16.8 Å². The first-order chi connectivity index (χ1) is 18.4. The number of halogens is 1. The number of hydrogen-bond donors (Lipinski definition) is 0. The van der Waals surface area contributed by atoms with Crippen LogP contribution in [0.1, 0.15) is 25.3 Å². The highest BCUT2D eigenvalue weighted by molar-refractivity contribution is 5.93. The van der Waals surface area contributed by atoms with Gasteiger partial charge in [-0.1, -0.05) is 12.0 Å². The molecule has 0 radical (unpaired) electrons. The molecule has 1 aliphatic rings. The fourth-order valence-electron chi connectivity index (χ4n) is 5.00.